The van der Waals surface area contributed by atoms with Crippen LogP contribution in [0.3, 0.4) is 0 Å². The molecule has 0 spiro atoms. The van der Waals surface area contributed by atoms with Crippen molar-refractivity contribution in [3.05, 3.63) is 54.1 Å². The lowest BCUT2D eigenvalue weighted by Crippen LogP contribution is -2.38. The van der Waals surface area contributed by atoms with Crippen LogP contribution in [0.4, 0.5) is 17.1 Å². The maximum Gasteiger partial charge on any atom is 0.228 e. The second-order valence-electron chi connectivity index (χ2n) is 6.53. The fourth-order valence-corrected chi connectivity index (χ4v) is 3.34. The molecule has 0 aliphatic carbocycles. The minimum atomic E-state index is -0.0160. The molecule has 3 N–H and O–H groups in total. The van der Waals surface area contributed by atoms with Crippen LogP contribution in [-0.2, 0) is 11.2 Å². The van der Waals surface area contributed by atoms with E-state index < -0.39 is 0 Å². The molecule has 3 rings (SSSR count). The summed E-state index contributed by atoms with van der Waals surface area (Å²) in [5.74, 6) is -0.0160. The first-order valence-electron chi connectivity index (χ1n) is 8.63. The van der Waals surface area contributed by atoms with Gasteiger partial charge in [0.15, 0.2) is 0 Å². The number of nitrogens with zero attached hydrogens (tertiary/aromatic N) is 1. The molecule has 2 aromatic rings. The Labute approximate surface area is 143 Å². The molecule has 1 aliphatic heterocycles. The summed E-state index contributed by atoms with van der Waals surface area (Å²) in [7, 11) is 0. The third kappa shape index (κ3) is 3.88. The van der Waals surface area contributed by atoms with E-state index in [-0.39, 0.29) is 5.91 Å². The number of hydrogen-bond acceptors (Lipinski definition) is 3. The van der Waals surface area contributed by atoms with Gasteiger partial charge in [-0.1, -0.05) is 30.3 Å². The highest BCUT2D eigenvalue weighted by Gasteiger charge is 2.21. The Balaban J connectivity index is 1.79. The van der Waals surface area contributed by atoms with Crippen molar-refractivity contribution in [1.29, 1.82) is 0 Å². The Morgan fingerprint density at radius 3 is 2.75 bits per heavy atom. The number of nitrogens with one attached hydrogen (secondary N) is 1. The number of rotatable bonds is 4. The lowest BCUT2D eigenvalue weighted by molar-refractivity contribution is -0.115. The number of nitrogen functional groups attached to an aromatic ring is 1. The predicted molar refractivity (Wildman–Crippen MR) is 100 cm³/mol. The van der Waals surface area contributed by atoms with Crippen LogP contribution in [0, 0.1) is 0 Å². The zero-order valence-corrected chi connectivity index (χ0v) is 14.2. The van der Waals surface area contributed by atoms with Gasteiger partial charge in [0, 0.05) is 18.3 Å². The summed E-state index contributed by atoms with van der Waals surface area (Å²) in [6, 6.07) is 16.0. The van der Waals surface area contributed by atoms with Gasteiger partial charge in [-0.2, -0.15) is 0 Å². The van der Waals surface area contributed by atoms with E-state index >= 15 is 0 Å². The van der Waals surface area contributed by atoms with Gasteiger partial charge < -0.3 is 16.0 Å². The largest absolute Gasteiger partial charge is 0.399 e. The average Bonchev–Trinajstić information content (AvgIpc) is 2.57. The van der Waals surface area contributed by atoms with E-state index in [2.05, 4.69) is 17.1 Å². The number of carbonyl (C=O) groups is 1. The zero-order valence-electron chi connectivity index (χ0n) is 14.2. The fourth-order valence-electron chi connectivity index (χ4n) is 3.34. The monoisotopic (exact) mass is 323 g/mol. The number of carbonyl (C=O) groups excluding carboxylic acids is 1. The smallest absolute Gasteiger partial charge is 0.228 e. The summed E-state index contributed by atoms with van der Waals surface area (Å²) in [6.07, 6.45) is 4.00. The minimum Gasteiger partial charge on any atom is -0.399 e. The van der Waals surface area contributed by atoms with Crippen molar-refractivity contribution in [3.63, 3.8) is 0 Å². The highest BCUT2D eigenvalue weighted by atomic mass is 16.1. The number of amides is 1. The molecular weight excluding hydrogens is 298 g/mol. The highest BCUT2D eigenvalue weighted by molar-refractivity contribution is 5.96. The number of benzene rings is 2. The van der Waals surface area contributed by atoms with Crippen LogP contribution in [0.5, 0.6) is 0 Å². The average molecular weight is 323 g/mol. The third-order valence-corrected chi connectivity index (χ3v) is 4.61. The summed E-state index contributed by atoms with van der Waals surface area (Å²) >= 11 is 0. The third-order valence-electron chi connectivity index (χ3n) is 4.61. The number of piperidine rings is 1. The van der Waals surface area contributed by atoms with E-state index in [1.54, 1.807) is 0 Å². The van der Waals surface area contributed by atoms with E-state index in [4.69, 9.17) is 5.73 Å². The fraction of sp³-hybridized carbons (Fsp3) is 0.350. The van der Waals surface area contributed by atoms with Crippen molar-refractivity contribution in [2.75, 3.05) is 22.5 Å². The van der Waals surface area contributed by atoms with Gasteiger partial charge in [0.1, 0.15) is 0 Å². The van der Waals surface area contributed by atoms with Crippen molar-refractivity contribution in [1.82, 2.24) is 0 Å². The molecule has 4 heteroatoms. The molecule has 0 unspecified atom stereocenters. The SMILES string of the molecule is C[C@@H]1CCCCN1c1ccc(N)cc1NC(=O)Cc1ccccc1. The molecule has 1 fully saturated rings. The maximum absolute atomic E-state index is 12.4. The standard InChI is InChI=1S/C20H25N3O/c1-15-7-5-6-12-23(15)19-11-10-17(21)14-18(19)22-20(24)13-16-8-3-2-4-9-16/h2-4,8-11,14-15H,5-7,12-13,21H2,1H3,(H,22,24)/t15-/m1/s1. The molecule has 1 amide bonds. The number of anilines is 3. The Hall–Kier alpha value is -2.49. The van der Waals surface area contributed by atoms with Crippen LogP contribution in [0.1, 0.15) is 31.7 Å². The molecule has 0 saturated carbocycles. The van der Waals surface area contributed by atoms with Gasteiger partial charge in [0.2, 0.25) is 5.91 Å². The van der Waals surface area contributed by atoms with Crippen molar-refractivity contribution in [2.24, 2.45) is 0 Å². The second-order valence-corrected chi connectivity index (χ2v) is 6.53. The molecule has 1 atom stereocenters. The van der Waals surface area contributed by atoms with E-state index in [0.29, 0.717) is 18.2 Å². The summed E-state index contributed by atoms with van der Waals surface area (Å²) in [5.41, 5.74) is 9.50. The van der Waals surface area contributed by atoms with Gasteiger partial charge in [-0.25, -0.2) is 0 Å². The number of hydrogen-bond donors (Lipinski definition) is 2. The quantitative estimate of drug-likeness (QED) is 0.841. The van der Waals surface area contributed by atoms with Crippen LogP contribution < -0.4 is 16.0 Å². The van der Waals surface area contributed by atoms with Gasteiger partial charge in [-0.3, -0.25) is 4.79 Å². The Bertz CT molecular complexity index is 699. The normalized spacial score (nSPS) is 17.5. The lowest BCUT2D eigenvalue weighted by atomic mass is 10.0. The molecular formula is C20H25N3O. The van der Waals surface area contributed by atoms with Crippen molar-refractivity contribution in [2.45, 2.75) is 38.6 Å². The Morgan fingerprint density at radius 2 is 2.00 bits per heavy atom. The Kier molecular flexibility index (Phi) is 5.04. The summed E-state index contributed by atoms with van der Waals surface area (Å²) < 4.78 is 0. The molecule has 1 aliphatic rings. The first-order valence-corrected chi connectivity index (χ1v) is 8.63. The second kappa shape index (κ2) is 7.39. The highest BCUT2D eigenvalue weighted by Crippen LogP contribution is 2.33. The van der Waals surface area contributed by atoms with Crippen LogP contribution in [0.2, 0.25) is 0 Å². The molecule has 2 aromatic carbocycles. The lowest BCUT2D eigenvalue weighted by Gasteiger charge is -2.36. The van der Waals surface area contributed by atoms with Gasteiger partial charge >= 0.3 is 0 Å². The maximum atomic E-state index is 12.4. The first kappa shape index (κ1) is 16.4. The van der Waals surface area contributed by atoms with E-state index in [0.717, 1.165) is 23.5 Å². The van der Waals surface area contributed by atoms with Gasteiger partial charge in [0.25, 0.3) is 0 Å². The van der Waals surface area contributed by atoms with E-state index in [1.165, 1.54) is 19.3 Å². The van der Waals surface area contributed by atoms with E-state index in [9.17, 15) is 4.79 Å². The van der Waals surface area contributed by atoms with Crippen LogP contribution in [0.15, 0.2) is 48.5 Å². The van der Waals surface area contributed by atoms with Crippen LogP contribution in [0.25, 0.3) is 0 Å². The van der Waals surface area contributed by atoms with Gasteiger partial charge in [0.05, 0.1) is 17.8 Å². The molecule has 4 nitrogen and oxygen atoms in total. The molecule has 126 valence electrons. The van der Waals surface area contributed by atoms with Gasteiger partial charge in [-0.15, -0.1) is 0 Å². The number of nitrogens with two attached hydrogens (primary N) is 1. The molecule has 1 saturated heterocycles. The summed E-state index contributed by atoms with van der Waals surface area (Å²) in [5, 5.41) is 3.06. The summed E-state index contributed by atoms with van der Waals surface area (Å²) in [4.78, 5) is 14.8. The Morgan fingerprint density at radius 1 is 1.21 bits per heavy atom. The van der Waals surface area contributed by atoms with Crippen LogP contribution >= 0.6 is 0 Å². The van der Waals surface area contributed by atoms with E-state index in [1.807, 2.05) is 48.5 Å². The zero-order chi connectivity index (χ0) is 16.9. The topological polar surface area (TPSA) is 58.4 Å². The predicted octanol–water partition coefficient (Wildman–Crippen LogP) is 3.83. The van der Waals surface area contributed by atoms with Crippen molar-refractivity contribution >= 4 is 23.0 Å². The first-order chi connectivity index (χ1) is 11.6. The van der Waals surface area contributed by atoms with Crippen molar-refractivity contribution in [3.8, 4) is 0 Å². The van der Waals surface area contributed by atoms with Crippen molar-refractivity contribution < 1.29 is 4.79 Å². The molecule has 1 heterocycles. The minimum absolute atomic E-state index is 0.0160. The van der Waals surface area contributed by atoms with Gasteiger partial charge in [-0.05, 0) is 49.9 Å². The van der Waals surface area contributed by atoms with Crippen LogP contribution in [-0.4, -0.2) is 18.5 Å². The molecule has 0 aromatic heterocycles. The molecule has 0 bridgehead atoms. The summed E-state index contributed by atoms with van der Waals surface area (Å²) in [6.45, 7) is 3.26. The molecule has 24 heavy (non-hydrogen) atoms. The molecule has 0 radical (unpaired) electrons.